The number of anilines is 1. The second-order valence-corrected chi connectivity index (χ2v) is 8.59. The Kier molecular flexibility index (Phi) is 8.36. The van der Waals surface area contributed by atoms with Crippen LogP contribution < -0.4 is 24.6 Å². The van der Waals surface area contributed by atoms with Gasteiger partial charge in [0.05, 0.1) is 30.5 Å². The van der Waals surface area contributed by atoms with E-state index in [4.69, 9.17) is 37.4 Å². The third-order valence-electron chi connectivity index (χ3n) is 5.17. The van der Waals surface area contributed by atoms with Crippen LogP contribution in [0, 0.1) is 0 Å². The summed E-state index contributed by atoms with van der Waals surface area (Å²) in [5.41, 5.74) is 3.67. The highest BCUT2D eigenvalue weighted by Crippen LogP contribution is 2.37. The van der Waals surface area contributed by atoms with Gasteiger partial charge in [0.1, 0.15) is 11.3 Å². The highest BCUT2D eigenvalue weighted by atomic mass is 35.5. The van der Waals surface area contributed by atoms with Gasteiger partial charge in [0.25, 0.3) is 11.8 Å². The summed E-state index contributed by atoms with van der Waals surface area (Å²) in [7, 11) is 0. The Morgan fingerprint density at radius 1 is 0.917 bits per heavy atom. The van der Waals surface area contributed by atoms with Gasteiger partial charge in [-0.05, 0) is 67.1 Å². The fourth-order valence-corrected chi connectivity index (χ4v) is 3.91. The number of hydrogen-bond acceptors (Lipinski definition) is 5. The van der Waals surface area contributed by atoms with Crippen molar-refractivity contribution in [3.8, 4) is 17.2 Å². The first-order valence-corrected chi connectivity index (χ1v) is 12.1. The molecule has 1 heterocycles. The van der Waals surface area contributed by atoms with Crippen molar-refractivity contribution < 1.29 is 23.8 Å². The van der Waals surface area contributed by atoms with Gasteiger partial charge >= 0.3 is 0 Å². The van der Waals surface area contributed by atoms with Crippen LogP contribution in [0.2, 0.25) is 10.0 Å². The number of benzene rings is 3. The zero-order valence-electron chi connectivity index (χ0n) is 19.5. The van der Waals surface area contributed by atoms with Crippen molar-refractivity contribution in [3.63, 3.8) is 0 Å². The molecule has 1 N–H and O–H groups in total. The van der Waals surface area contributed by atoms with E-state index in [1.165, 1.54) is 11.1 Å². The molecule has 1 fully saturated rings. The van der Waals surface area contributed by atoms with Gasteiger partial charge in [-0.2, -0.15) is 0 Å². The number of nitrogens with zero attached hydrogens (tertiary/aromatic N) is 1. The minimum absolute atomic E-state index is 0.00890. The van der Waals surface area contributed by atoms with E-state index in [0.29, 0.717) is 59.0 Å². The number of hydrazine groups is 1. The van der Waals surface area contributed by atoms with Gasteiger partial charge in [0.15, 0.2) is 11.5 Å². The molecule has 0 spiro atoms. The molecule has 4 rings (SSSR count). The zero-order chi connectivity index (χ0) is 25.5. The number of para-hydroxylation sites is 1. The molecule has 36 heavy (non-hydrogen) atoms. The van der Waals surface area contributed by atoms with Gasteiger partial charge in [-0.15, -0.1) is 0 Å². The average molecular weight is 527 g/mol. The molecular weight excluding hydrogens is 503 g/mol. The Balaban J connectivity index is 1.44. The summed E-state index contributed by atoms with van der Waals surface area (Å²) in [6, 6.07) is 19.3. The molecule has 1 aliphatic rings. The SMILES string of the molecule is CCOc1cc(C=C2C(=O)NN(c3ccccc3)C2=O)cc(Cl)c1OCCCOc1ccc(Cl)cc1. The predicted molar refractivity (Wildman–Crippen MR) is 140 cm³/mol. The second kappa shape index (κ2) is 11.8. The number of hydrogen-bond donors (Lipinski definition) is 1. The molecule has 0 bridgehead atoms. The van der Waals surface area contributed by atoms with Crippen LogP contribution in [-0.4, -0.2) is 31.6 Å². The van der Waals surface area contributed by atoms with Crippen LogP contribution in [0.5, 0.6) is 17.2 Å². The quantitative estimate of drug-likeness (QED) is 0.208. The molecule has 0 aromatic heterocycles. The molecule has 7 nitrogen and oxygen atoms in total. The molecule has 0 saturated carbocycles. The lowest BCUT2D eigenvalue weighted by Crippen LogP contribution is -2.35. The maximum atomic E-state index is 12.9. The van der Waals surface area contributed by atoms with Crippen molar-refractivity contribution in [1.29, 1.82) is 0 Å². The highest BCUT2D eigenvalue weighted by Gasteiger charge is 2.34. The zero-order valence-corrected chi connectivity index (χ0v) is 21.0. The summed E-state index contributed by atoms with van der Waals surface area (Å²) >= 11 is 12.4. The monoisotopic (exact) mass is 526 g/mol. The summed E-state index contributed by atoms with van der Waals surface area (Å²) < 4.78 is 17.3. The van der Waals surface area contributed by atoms with Crippen molar-refractivity contribution >= 4 is 46.8 Å². The van der Waals surface area contributed by atoms with Gasteiger partial charge in [0.2, 0.25) is 0 Å². The lowest BCUT2D eigenvalue weighted by atomic mass is 10.1. The normalized spacial score (nSPS) is 14.2. The molecule has 3 aromatic rings. The van der Waals surface area contributed by atoms with Crippen molar-refractivity contribution in [1.82, 2.24) is 5.43 Å². The summed E-state index contributed by atoms with van der Waals surface area (Å²) in [5.74, 6) is 0.572. The molecule has 0 atom stereocenters. The Morgan fingerprint density at radius 2 is 1.64 bits per heavy atom. The number of carbonyl (C=O) groups excluding carboxylic acids is 2. The van der Waals surface area contributed by atoms with Gasteiger partial charge in [0, 0.05) is 11.4 Å². The smallest absolute Gasteiger partial charge is 0.282 e. The van der Waals surface area contributed by atoms with Gasteiger partial charge in [-0.1, -0.05) is 41.4 Å². The number of nitrogens with one attached hydrogen (secondary N) is 1. The Labute approximate surface area is 219 Å². The van der Waals surface area contributed by atoms with Crippen LogP contribution in [-0.2, 0) is 9.59 Å². The number of rotatable bonds is 10. The molecule has 1 aliphatic heterocycles. The van der Waals surface area contributed by atoms with Crippen LogP contribution >= 0.6 is 23.2 Å². The van der Waals surface area contributed by atoms with Gasteiger partial charge in [-0.25, -0.2) is 5.01 Å². The van der Waals surface area contributed by atoms with E-state index in [1.807, 2.05) is 13.0 Å². The molecule has 2 amide bonds. The van der Waals surface area contributed by atoms with Crippen LogP contribution in [0.1, 0.15) is 18.9 Å². The number of halogens is 2. The van der Waals surface area contributed by atoms with E-state index in [9.17, 15) is 9.59 Å². The predicted octanol–water partition coefficient (Wildman–Crippen LogP) is 5.70. The number of carbonyl (C=O) groups is 2. The van der Waals surface area contributed by atoms with Crippen molar-refractivity contribution in [2.24, 2.45) is 0 Å². The molecule has 0 unspecified atom stereocenters. The van der Waals surface area contributed by atoms with E-state index in [0.717, 1.165) is 5.75 Å². The molecule has 0 aliphatic carbocycles. The van der Waals surface area contributed by atoms with Crippen LogP contribution in [0.4, 0.5) is 5.69 Å². The first-order chi connectivity index (χ1) is 17.5. The fraction of sp³-hybridized carbons (Fsp3) is 0.185. The second-order valence-electron chi connectivity index (χ2n) is 7.74. The van der Waals surface area contributed by atoms with E-state index >= 15 is 0 Å². The molecule has 186 valence electrons. The van der Waals surface area contributed by atoms with Crippen LogP contribution in [0.3, 0.4) is 0 Å². The average Bonchev–Trinajstić information content (AvgIpc) is 3.15. The summed E-state index contributed by atoms with van der Waals surface area (Å²) in [4.78, 5) is 25.4. The Bertz CT molecular complexity index is 1260. The summed E-state index contributed by atoms with van der Waals surface area (Å²) in [5, 5.41) is 2.16. The molecular formula is C27H24Cl2N2O5. The molecule has 1 saturated heterocycles. The Morgan fingerprint density at radius 3 is 2.36 bits per heavy atom. The molecule has 9 heteroatoms. The van der Waals surface area contributed by atoms with E-state index in [1.54, 1.807) is 60.7 Å². The van der Waals surface area contributed by atoms with E-state index in [2.05, 4.69) is 5.43 Å². The topological polar surface area (TPSA) is 77.1 Å². The van der Waals surface area contributed by atoms with Crippen LogP contribution in [0.25, 0.3) is 6.08 Å². The number of ether oxygens (including phenoxy) is 3. The lowest BCUT2D eigenvalue weighted by molar-refractivity contribution is -0.117. The third-order valence-corrected chi connectivity index (χ3v) is 5.70. The summed E-state index contributed by atoms with van der Waals surface area (Å²) in [6.45, 7) is 3.02. The molecule has 3 aromatic carbocycles. The summed E-state index contributed by atoms with van der Waals surface area (Å²) in [6.07, 6.45) is 2.10. The fourth-order valence-electron chi connectivity index (χ4n) is 3.51. The standard InChI is InChI=1S/C27H24Cl2N2O5/c1-2-34-24-17-18(15-22-26(32)30-31(27(22)33)20-7-4-3-5-8-20)16-23(29)25(24)36-14-6-13-35-21-11-9-19(28)10-12-21/h3-5,7-12,15-17H,2,6,13-14H2,1H3,(H,30,32). The first-order valence-electron chi connectivity index (χ1n) is 11.4. The largest absolute Gasteiger partial charge is 0.493 e. The third kappa shape index (κ3) is 6.11. The van der Waals surface area contributed by atoms with Crippen molar-refractivity contribution in [2.75, 3.05) is 24.8 Å². The molecule has 0 radical (unpaired) electrons. The van der Waals surface area contributed by atoms with E-state index in [-0.39, 0.29) is 5.57 Å². The Hall–Kier alpha value is -3.68. The maximum Gasteiger partial charge on any atom is 0.282 e. The highest BCUT2D eigenvalue weighted by molar-refractivity contribution is 6.33. The van der Waals surface area contributed by atoms with Gasteiger partial charge in [-0.3, -0.25) is 15.0 Å². The number of amides is 2. The first kappa shape index (κ1) is 25.4. The minimum atomic E-state index is -0.501. The lowest BCUT2D eigenvalue weighted by Gasteiger charge is -2.15. The maximum absolute atomic E-state index is 12.9. The van der Waals surface area contributed by atoms with E-state index < -0.39 is 11.8 Å². The minimum Gasteiger partial charge on any atom is -0.493 e. The van der Waals surface area contributed by atoms with Crippen LogP contribution in [0.15, 0.2) is 72.3 Å². The van der Waals surface area contributed by atoms with Crippen molar-refractivity contribution in [2.45, 2.75) is 13.3 Å². The van der Waals surface area contributed by atoms with Gasteiger partial charge < -0.3 is 14.2 Å². The van der Waals surface area contributed by atoms with Crippen molar-refractivity contribution in [3.05, 3.63) is 87.9 Å².